The lowest BCUT2D eigenvalue weighted by atomic mass is 9.83. The molecule has 4 nitrogen and oxygen atoms in total. The first kappa shape index (κ1) is 12.8. The monoisotopic (exact) mass is 240 g/mol. The van der Waals surface area contributed by atoms with Crippen molar-refractivity contribution >= 4 is 5.91 Å². The summed E-state index contributed by atoms with van der Waals surface area (Å²) in [5, 5.41) is 5.77. The number of carbonyl (C=O) groups is 1. The van der Waals surface area contributed by atoms with Crippen LogP contribution in [0.25, 0.3) is 0 Å². The largest absolute Gasteiger partial charge is 0.370 e. The molecule has 1 spiro atoms. The van der Waals surface area contributed by atoms with E-state index in [1.54, 1.807) is 7.05 Å². The molecule has 0 aromatic heterocycles. The number of ether oxygens (including phenoxy) is 1. The molecule has 2 fully saturated rings. The maximum atomic E-state index is 11.1. The Morgan fingerprint density at radius 3 is 2.76 bits per heavy atom. The van der Waals surface area contributed by atoms with E-state index in [9.17, 15) is 4.79 Å². The first-order chi connectivity index (χ1) is 8.24. The zero-order valence-electron chi connectivity index (χ0n) is 10.8. The van der Waals surface area contributed by atoms with Crippen LogP contribution in [0.4, 0.5) is 0 Å². The summed E-state index contributed by atoms with van der Waals surface area (Å²) in [7, 11) is 1.66. The molecule has 0 bridgehead atoms. The number of likely N-dealkylation sites (N-methyl/N-ethyl adjacent to an activating group) is 1. The molecule has 2 rings (SSSR count). The summed E-state index contributed by atoms with van der Waals surface area (Å²) < 4.78 is 6.21. The summed E-state index contributed by atoms with van der Waals surface area (Å²) in [4.78, 5) is 11.1. The van der Waals surface area contributed by atoms with E-state index in [0.717, 1.165) is 13.0 Å². The summed E-state index contributed by atoms with van der Waals surface area (Å²) >= 11 is 0. The minimum atomic E-state index is 0.0374. The summed E-state index contributed by atoms with van der Waals surface area (Å²) in [6, 6.07) is 0. The Bertz CT molecular complexity index is 262. The molecule has 1 unspecified atom stereocenters. The Labute approximate surface area is 103 Å². The van der Waals surface area contributed by atoms with Gasteiger partial charge in [0.05, 0.1) is 18.2 Å². The molecule has 1 saturated carbocycles. The van der Waals surface area contributed by atoms with E-state index < -0.39 is 0 Å². The lowest BCUT2D eigenvalue weighted by Gasteiger charge is -2.33. The number of hydrogen-bond donors (Lipinski definition) is 2. The Morgan fingerprint density at radius 1 is 1.29 bits per heavy atom. The van der Waals surface area contributed by atoms with Gasteiger partial charge in [0.15, 0.2) is 0 Å². The number of hydrogen-bond acceptors (Lipinski definition) is 3. The first-order valence-corrected chi connectivity index (χ1v) is 6.83. The number of carbonyl (C=O) groups excluding carboxylic acids is 1. The van der Waals surface area contributed by atoms with Crippen LogP contribution in [0, 0.1) is 0 Å². The van der Waals surface area contributed by atoms with Crippen LogP contribution in [0.3, 0.4) is 0 Å². The minimum Gasteiger partial charge on any atom is -0.370 e. The van der Waals surface area contributed by atoms with E-state index in [1.165, 1.54) is 38.5 Å². The second-order valence-corrected chi connectivity index (χ2v) is 5.33. The zero-order valence-corrected chi connectivity index (χ0v) is 10.8. The van der Waals surface area contributed by atoms with E-state index in [4.69, 9.17) is 4.74 Å². The highest BCUT2D eigenvalue weighted by molar-refractivity contribution is 5.77. The second kappa shape index (κ2) is 5.83. The third-order valence-electron chi connectivity index (χ3n) is 4.04. The van der Waals surface area contributed by atoms with Crippen LogP contribution in [0.15, 0.2) is 0 Å². The Kier molecular flexibility index (Phi) is 4.40. The summed E-state index contributed by atoms with van der Waals surface area (Å²) in [5.74, 6) is 0.0374. The molecule has 2 aliphatic rings. The lowest BCUT2D eigenvalue weighted by molar-refractivity contribution is -0.119. The fourth-order valence-corrected chi connectivity index (χ4v) is 3.04. The van der Waals surface area contributed by atoms with Crippen molar-refractivity contribution in [2.45, 2.75) is 56.7 Å². The van der Waals surface area contributed by atoms with Crippen LogP contribution in [0.2, 0.25) is 0 Å². The number of nitrogens with one attached hydrogen (secondary N) is 2. The highest BCUT2D eigenvalue weighted by atomic mass is 16.5. The molecule has 0 aromatic rings. The van der Waals surface area contributed by atoms with Crippen molar-refractivity contribution in [1.29, 1.82) is 0 Å². The van der Waals surface area contributed by atoms with Crippen molar-refractivity contribution < 1.29 is 9.53 Å². The molecule has 1 heterocycles. The third kappa shape index (κ3) is 3.42. The fraction of sp³-hybridized carbons (Fsp3) is 0.923. The molecule has 98 valence electrons. The highest BCUT2D eigenvalue weighted by Gasteiger charge is 2.40. The van der Waals surface area contributed by atoms with E-state index in [-0.39, 0.29) is 11.5 Å². The van der Waals surface area contributed by atoms with Gasteiger partial charge in [-0.25, -0.2) is 0 Å². The number of rotatable bonds is 4. The molecular weight excluding hydrogens is 216 g/mol. The van der Waals surface area contributed by atoms with Gasteiger partial charge in [-0.05, 0) is 25.7 Å². The van der Waals surface area contributed by atoms with Crippen molar-refractivity contribution in [3.63, 3.8) is 0 Å². The normalized spacial score (nSPS) is 27.2. The van der Waals surface area contributed by atoms with Gasteiger partial charge in [-0.2, -0.15) is 0 Å². The van der Waals surface area contributed by atoms with Crippen molar-refractivity contribution in [3.05, 3.63) is 0 Å². The second-order valence-electron chi connectivity index (χ2n) is 5.33. The smallest absolute Gasteiger partial charge is 0.233 e. The third-order valence-corrected chi connectivity index (χ3v) is 4.04. The standard InChI is InChI=1S/C13H24N2O2/c1-14-12(16)10-15-9-11-5-8-13(17-11)6-3-2-4-7-13/h11,15H,2-10H2,1H3,(H,14,16). The van der Waals surface area contributed by atoms with Crippen LogP contribution in [0.5, 0.6) is 0 Å². The molecule has 1 aliphatic carbocycles. The Hall–Kier alpha value is -0.610. The van der Waals surface area contributed by atoms with Gasteiger partial charge in [-0.1, -0.05) is 19.3 Å². The van der Waals surface area contributed by atoms with Gasteiger partial charge in [0.1, 0.15) is 0 Å². The maximum absolute atomic E-state index is 11.1. The van der Waals surface area contributed by atoms with E-state index in [1.807, 2.05) is 0 Å². The molecule has 1 aliphatic heterocycles. The SMILES string of the molecule is CNC(=O)CNCC1CCC2(CCCCC2)O1. The predicted octanol–water partition coefficient (Wildman–Crippen LogP) is 1.20. The summed E-state index contributed by atoms with van der Waals surface area (Å²) in [6.45, 7) is 1.19. The fourth-order valence-electron chi connectivity index (χ4n) is 3.04. The summed E-state index contributed by atoms with van der Waals surface area (Å²) in [5.41, 5.74) is 0.192. The van der Waals surface area contributed by atoms with Crippen molar-refractivity contribution in [2.24, 2.45) is 0 Å². The van der Waals surface area contributed by atoms with Crippen LogP contribution in [-0.4, -0.2) is 37.7 Å². The molecular formula is C13H24N2O2. The van der Waals surface area contributed by atoms with Gasteiger partial charge in [0.2, 0.25) is 5.91 Å². The van der Waals surface area contributed by atoms with Gasteiger partial charge < -0.3 is 15.4 Å². The molecule has 2 N–H and O–H groups in total. The minimum absolute atomic E-state index is 0.0374. The quantitative estimate of drug-likeness (QED) is 0.776. The molecule has 1 amide bonds. The Morgan fingerprint density at radius 2 is 2.06 bits per heavy atom. The number of amides is 1. The van der Waals surface area contributed by atoms with Gasteiger partial charge in [-0.3, -0.25) is 4.79 Å². The molecule has 0 radical (unpaired) electrons. The van der Waals surface area contributed by atoms with Crippen LogP contribution >= 0.6 is 0 Å². The zero-order chi connectivity index (χ0) is 12.1. The van der Waals surface area contributed by atoms with Gasteiger partial charge >= 0.3 is 0 Å². The van der Waals surface area contributed by atoms with E-state index in [2.05, 4.69) is 10.6 Å². The van der Waals surface area contributed by atoms with Crippen molar-refractivity contribution in [2.75, 3.05) is 20.1 Å². The van der Waals surface area contributed by atoms with Crippen molar-refractivity contribution in [3.8, 4) is 0 Å². The highest BCUT2D eigenvalue weighted by Crippen LogP contribution is 2.41. The van der Waals surface area contributed by atoms with E-state index >= 15 is 0 Å². The van der Waals surface area contributed by atoms with Crippen LogP contribution in [0.1, 0.15) is 44.9 Å². The van der Waals surface area contributed by atoms with E-state index in [0.29, 0.717) is 12.6 Å². The topological polar surface area (TPSA) is 50.4 Å². The molecule has 4 heteroatoms. The van der Waals surface area contributed by atoms with Gasteiger partial charge in [0.25, 0.3) is 0 Å². The molecule has 17 heavy (non-hydrogen) atoms. The first-order valence-electron chi connectivity index (χ1n) is 6.83. The average molecular weight is 240 g/mol. The van der Waals surface area contributed by atoms with Crippen LogP contribution < -0.4 is 10.6 Å². The molecule has 1 saturated heterocycles. The van der Waals surface area contributed by atoms with Gasteiger partial charge in [-0.15, -0.1) is 0 Å². The van der Waals surface area contributed by atoms with Gasteiger partial charge in [0, 0.05) is 13.6 Å². The molecule has 1 atom stereocenters. The van der Waals surface area contributed by atoms with Crippen LogP contribution in [-0.2, 0) is 9.53 Å². The Balaban J connectivity index is 1.68. The summed E-state index contributed by atoms with van der Waals surface area (Å²) in [6.07, 6.45) is 9.12. The maximum Gasteiger partial charge on any atom is 0.233 e. The van der Waals surface area contributed by atoms with Crippen molar-refractivity contribution in [1.82, 2.24) is 10.6 Å². The molecule has 0 aromatic carbocycles. The average Bonchev–Trinajstić information content (AvgIpc) is 2.73. The lowest BCUT2D eigenvalue weighted by Crippen LogP contribution is -2.38. The predicted molar refractivity (Wildman–Crippen MR) is 66.9 cm³/mol.